The quantitative estimate of drug-likeness (QED) is 0.578. The molecule has 0 aromatic heterocycles. The highest BCUT2D eigenvalue weighted by Crippen LogP contribution is 2.22. The largest absolute Gasteiger partial charge is 0.491 e. The van der Waals surface area contributed by atoms with Gasteiger partial charge in [0.2, 0.25) is 11.6 Å². The summed E-state index contributed by atoms with van der Waals surface area (Å²) in [5, 5.41) is -0.137. The van der Waals surface area contributed by atoms with E-state index in [-0.39, 0.29) is 22.4 Å². The molecule has 0 aromatic rings. The third-order valence-corrected chi connectivity index (χ3v) is 1.88. The van der Waals surface area contributed by atoms with Crippen molar-refractivity contribution in [2.75, 3.05) is 7.11 Å². The smallest absolute Gasteiger partial charge is 0.222 e. The summed E-state index contributed by atoms with van der Waals surface area (Å²) >= 11 is 5.57. The Morgan fingerprint density at radius 1 is 1.42 bits per heavy atom. The van der Waals surface area contributed by atoms with E-state index in [2.05, 4.69) is 4.74 Å². The summed E-state index contributed by atoms with van der Waals surface area (Å²) in [5.74, 6) is -0.792. The number of rotatable bonds is 1. The van der Waals surface area contributed by atoms with Gasteiger partial charge < -0.3 is 4.74 Å². The third kappa shape index (κ3) is 1.28. The molecular formula is C8H7ClO3. The van der Waals surface area contributed by atoms with Crippen molar-refractivity contribution in [3.63, 3.8) is 0 Å². The molecule has 0 saturated carbocycles. The van der Waals surface area contributed by atoms with Crippen molar-refractivity contribution in [3.05, 3.63) is 22.4 Å². The second-order valence-electron chi connectivity index (χ2n) is 2.37. The molecule has 1 aliphatic rings. The first-order valence-electron chi connectivity index (χ1n) is 3.29. The molecule has 3 nitrogen and oxygen atoms in total. The van der Waals surface area contributed by atoms with Gasteiger partial charge in [-0.2, -0.15) is 0 Å². The highest BCUT2D eigenvalue weighted by atomic mass is 35.5. The van der Waals surface area contributed by atoms with Crippen LogP contribution >= 0.6 is 11.6 Å². The second kappa shape index (κ2) is 3.11. The van der Waals surface area contributed by atoms with E-state index >= 15 is 0 Å². The lowest BCUT2D eigenvalue weighted by Crippen LogP contribution is -2.16. The molecule has 0 aliphatic heterocycles. The highest BCUT2D eigenvalue weighted by molar-refractivity contribution is 6.48. The number of carbonyl (C=O) groups is 2. The molecule has 1 aliphatic carbocycles. The number of allylic oxidation sites excluding steroid dienone is 3. The number of carbonyl (C=O) groups excluding carboxylic acids is 2. The van der Waals surface area contributed by atoms with Crippen LogP contribution < -0.4 is 0 Å². The van der Waals surface area contributed by atoms with Crippen molar-refractivity contribution in [2.45, 2.75) is 6.92 Å². The van der Waals surface area contributed by atoms with E-state index in [9.17, 15) is 9.59 Å². The van der Waals surface area contributed by atoms with Gasteiger partial charge in [-0.15, -0.1) is 0 Å². The Balaban J connectivity index is 3.17. The molecule has 0 amide bonds. The number of hydrogen-bond donors (Lipinski definition) is 0. The van der Waals surface area contributed by atoms with E-state index in [1.807, 2.05) is 0 Å². The van der Waals surface area contributed by atoms with Gasteiger partial charge in [0.1, 0.15) is 5.03 Å². The van der Waals surface area contributed by atoms with Crippen LogP contribution in [0, 0.1) is 0 Å². The van der Waals surface area contributed by atoms with Gasteiger partial charge >= 0.3 is 0 Å². The van der Waals surface area contributed by atoms with Crippen molar-refractivity contribution >= 4 is 23.2 Å². The normalized spacial score (nSPS) is 18.1. The fourth-order valence-corrected chi connectivity index (χ4v) is 1.22. The predicted octanol–water partition coefficient (Wildman–Crippen LogP) is 1.18. The van der Waals surface area contributed by atoms with Crippen molar-refractivity contribution < 1.29 is 14.3 Å². The molecule has 0 heterocycles. The zero-order chi connectivity index (χ0) is 9.30. The summed E-state index contributed by atoms with van der Waals surface area (Å²) in [6, 6.07) is 0. The molecule has 0 unspecified atom stereocenters. The van der Waals surface area contributed by atoms with E-state index < -0.39 is 0 Å². The molecule has 0 bridgehead atoms. The standard InChI is InChI=1S/C8H7ClO3/c1-4-3-5(10)8(12-2)6(9)7(4)11/h3H,1-2H3. The Bertz CT molecular complexity index is 312. The number of ketones is 2. The van der Waals surface area contributed by atoms with Gasteiger partial charge in [-0.3, -0.25) is 9.59 Å². The number of halogens is 1. The summed E-state index contributed by atoms with van der Waals surface area (Å²) in [5.41, 5.74) is 0.339. The van der Waals surface area contributed by atoms with E-state index in [4.69, 9.17) is 11.6 Å². The molecule has 64 valence electrons. The Hall–Kier alpha value is -1.09. The topological polar surface area (TPSA) is 43.4 Å². The van der Waals surface area contributed by atoms with Crippen molar-refractivity contribution in [1.29, 1.82) is 0 Å². The van der Waals surface area contributed by atoms with E-state index in [0.29, 0.717) is 5.57 Å². The molecule has 0 aromatic carbocycles. The average molecular weight is 187 g/mol. The summed E-state index contributed by atoms with van der Waals surface area (Å²) in [4.78, 5) is 22.2. The molecule has 0 spiro atoms. The number of Topliss-reactive ketones (excluding diaryl/α,β-unsaturated/α-hetero) is 1. The maximum Gasteiger partial charge on any atom is 0.222 e. The minimum absolute atomic E-state index is 0.0766. The summed E-state index contributed by atoms with van der Waals surface area (Å²) in [6.07, 6.45) is 1.22. The Labute approximate surface area is 74.6 Å². The van der Waals surface area contributed by atoms with E-state index in [1.54, 1.807) is 0 Å². The van der Waals surface area contributed by atoms with Crippen LogP contribution in [0.1, 0.15) is 6.92 Å². The summed E-state index contributed by atoms with van der Waals surface area (Å²) < 4.78 is 4.67. The van der Waals surface area contributed by atoms with Crippen LogP contribution in [0.25, 0.3) is 0 Å². The Morgan fingerprint density at radius 2 is 2.00 bits per heavy atom. The number of hydrogen-bond acceptors (Lipinski definition) is 3. The first-order chi connectivity index (χ1) is 5.57. The number of ether oxygens (including phenoxy) is 1. The monoisotopic (exact) mass is 186 g/mol. The Morgan fingerprint density at radius 3 is 2.50 bits per heavy atom. The van der Waals surface area contributed by atoms with Crippen LogP contribution in [-0.2, 0) is 14.3 Å². The van der Waals surface area contributed by atoms with Crippen molar-refractivity contribution in [1.82, 2.24) is 0 Å². The molecule has 0 atom stereocenters. The summed E-state index contributed by atoms with van der Waals surface area (Å²) in [6.45, 7) is 1.54. The zero-order valence-electron chi connectivity index (χ0n) is 6.68. The first-order valence-corrected chi connectivity index (χ1v) is 3.66. The maximum atomic E-state index is 11.1. The Kier molecular flexibility index (Phi) is 2.33. The molecule has 0 fully saturated rings. The molecule has 4 heteroatoms. The van der Waals surface area contributed by atoms with Crippen LogP contribution in [0.15, 0.2) is 22.4 Å². The van der Waals surface area contributed by atoms with Crippen molar-refractivity contribution in [3.8, 4) is 0 Å². The van der Waals surface area contributed by atoms with Crippen molar-refractivity contribution in [2.24, 2.45) is 0 Å². The minimum Gasteiger partial charge on any atom is -0.491 e. The lowest BCUT2D eigenvalue weighted by Gasteiger charge is -2.10. The second-order valence-corrected chi connectivity index (χ2v) is 2.75. The van der Waals surface area contributed by atoms with Gasteiger partial charge in [0.25, 0.3) is 0 Å². The molecule has 12 heavy (non-hydrogen) atoms. The first kappa shape index (κ1) is 9.00. The van der Waals surface area contributed by atoms with Gasteiger partial charge in [0.15, 0.2) is 5.76 Å². The predicted molar refractivity (Wildman–Crippen MR) is 43.7 cm³/mol. The average Bonchev–Trinajstić information content (AvgIpc) is 2.01. The molecule has 1 rings (SSSR count). The molecular weight excluding hydrogens is 180 g/mol. The van der Waals surface area contributed by atoms with Gasteiger partial charge in [0.05, 0.1) is 7.11 Å². The van der Waals surface area contributed by atoms with Crippen LogP contribution in [0.2, 0.25) is 0 Å². The van der Waals surface area contributed by atoms with Crippen LogP contribution in [0.3, 0.4) is 0 Å². The van der Waals surface area contributed by atoms with Crippen LogP contribution in [0.5, 0.6) is 0 Å². The SMILES string of the molecule is COC1=C(Cl)C(=O)C(C)=CC1=O. The maximum absolute atomic E-state index is 11.1. The molecule has 0 saturated heterocycles. The fourth-order valence-electron chi connectivity index (χ4n) is 0.902. The lowest BCUT2D eigenvalue weighted by molar-refractivity contribution is -0.117. The van der Waals surface area contributed by atoms with E-state index in [1.165, 1.54) is 20.1 Å². The third-order valence-electron chi connectivity index (χ3n) is 1.53. The van der Waals surface area contributed by atoms with Crippen LogP contribution in [0.4, 0.5) is 0 Å². The summed E-state index contributed by atoms with van der Waals surface area (Å²) in [7, 11) is 1.30. The fraction of sp³-hybridized carbons (Fsp3) is 0.250. The molecule has 0 radical (unpaired) electrons. The van der Waals surface area contributed by atoms with Crippen LogP contribution in [-0.4, -0.2) is 18.7 Å². The van der Waals surface area contributed by atoms with Gasteiger partial charge in [-0.25, -0.2) is 0 Å². The minimum atomic E-state index is -0.361. The van der Waals surface area contributed by atoms with Gasteiger partial charge in [-0.1, -0.05) is 11.6 Å². The lowest BCUT2D eigenvalue weighted by atomic mass is 10.0. The molecule has 0 N–H and O–H groups in total. The number of methoxy groups -OCH3 is 1. The zero-order valence-corrected chi connectivity index (χ0v) is 7.44. The van der Waals surface area contributed by atoms with E-state index in [0.717, 1.165) is 0 Å². The van der Waals surface area contributed by atoms with Gasteiger partial charge in [-0.05, 0) is 13.0 Å². The van der Waals surface area contributed by atoms with Gasteiger partial charge in [0, 0.05) is 5.57 Å². The highest BCUT2D eigenvalue weighted by Gasteiger charge is 2.25.